The van der Waals surface area contributed by atoms with Crippen LogP contribution < -0.4 is 5.32 Å². The van der Waals surface area contributed by atoms with Crippen LogP contribution in [0.3, 0.4) is 0 Å². The van der Waals surface area contributed by atoms with Crippen molar-refractivity contribution in [3.05, 3.63) is 53.4 Å². The summed E-state index contributed by atoms with van der Waals surface area (Å²) in [5.74, 6) is 0.835. The lowest BCUT2D eigenvalue weighted by molar-refractivity contribution is -0.176. The van der Waals surface area contributed by atoms with Gasteiger partial charge in [0.05, 0.1) is 18.8 Å². The standard InChI is InChI=1S/C21H28F3N5O2.HI/c1-2-25-20(29-9-7-28(8-10-29)14-19-6-11-31-27-19)26-13-17-4-3-5-18(12-17)15-30-16-21(22,23)24;/h3-6,11-12H,2,7-10,13-16H2,1H3,(H,25,26);1H. The van der Waals surface area contributed by atoms with Gasteiger partial charge in [0, 0.05) is 45.3 Å². The van der Waals surface area contributed by atoms with Gasteiger partial charge in [-0.05, 0) is 18.1 Å². The van der Waals surface area contributed by atoms with Crippen LogP contribution in [0.15, 0.2) is 46.1 Å². The number of ether oxygens (including phenoxy) is 1. The van der Waals surface area contributed by atoms with Crippen LogP contribution in [0.4, 0.5) is 13.2 Å². The van der Waals surface area contributed by atoms with Crippen molar-refractivity contribution in [1.82, 2.24) is 20.3 Å². The lowest BCUT2D eigenvalue weighted by atomic mass is 10.1. The lowest BCUT2D eigenvalue weighted by Crippen LogP contribution is -2.52. The van der Waals surface area contributed by atoms with Crippen LogP contribution in [0.1, 0.15) is 23.7 Å². The van der Waals surface area contributed by atoms with Crippen molar-refractivity contribution in [3.8, 4) is 0 Å². The van der Waals surface area contributed by atoms with Crippen molar-refractivity contribution in [3.63, 3.8) is 0 Å². The monoisotopic (exact) mass is 567 g/mol. The molecule has 0 aliphatic carbocycles. The summed E-state index contributed by atoms with van der Waals surface area (Å²) in [5, 5.41) is 7.29. The third kappa shape index (κ3) is 8.94. The summed E-state index contributed by atoms with van der Waals surface area (Å²) in [6.45, 7) is 6.12. The van der Waals surface area contributed by atoms with Crippen LogP contribution in [0.5, 0.6) is 0 Å². The summed E-state index contributed by atoms with van der Waals surface area (Å²) in [6.07, 6.45) is -2.74. The quantitative estimate of drug-likeness (QED) is 0.299. The first kappa shape index (κ1) is 26.4. The molecule has 0 spiro atoms. The molecular formula is C21H29F3IN5O2. The van der Waals surface area contributed by atoms with Gasteiger partial charge in [-0.2, -0.15) is 13.2 Å². The first-order valence-electron chi connectivity index (χ1n) is 10.3. The Kier molecular flexibility index (Phi) is 10.7. The molecule has 2 heterocycles. The summed E-state index contributed by atoms with van der Waals surface area (Å²) in [5.41, 5.74) is 2.55. The van der Waals surface area contributed by atoms with Crippen LogP contribution in [-0.4, -0.2) is 66.4 Å². The third-order valence-corrected chi connectivity index (χ3v) is 4.82. The molecular weight excluding hydrogens is 538 g/mol. The highest BCUT2D eigenvalue weighted by Gasteiger charge is 2.27. The Balaban J connectivity index is 0.00000363. The van der Waals surface area contributed by atoms with E-state index in [2.05, 4.69) is 20.3 Å². The Morgan fingerprint density at radius 1 is 1.19 bits per heavy atom. The van der Waals surface area contributed by atoms with Gasteiger partial charge >= 0.3 is 6.18 Å². The zero-order valence-corrected chi connectivity index (χ0v) is 20.3. The van der Waals surface area contributed by atoms with E-state index in [1.54, 1.807) is 12.3 Å². The average Bonchev–Trinajstić information content (AvgIpc) is 3.24. The fourth-order valence-electron chi connectivity index (χ4n) is 3.36. The minimum Gasteiger partial charge on any atom is -0.367 e. The van der Waals surface area contributed by atoms with Crippen molar-refractivity contribution >= 4 is 29.9 Å². The smallest absolute Gasteiger partial charge is 0.367 e. The molecule has 0 unspecified atom stereocenters. The number of alkyl halides is 3. The van der Waals surface area contributed by atoms with Crippen LogP contribution in [0.2, 0.25) is 0 Å². The van der Waals surface area contributed by atoms with Gasteiger partial charge < -0.3 is 19.5 Å². The number of benzene rings is 1. The number of nitrogens with one attached hydrogen (secondary N) is 1. The normalized spacial score (nSPS) is 15.5. The number of aromatic nitrogens is 1. The number of piperazine rings is 1. The van der Waals surface area contributed by atoms with Gasteiger partial charge in [0.25, 0.3) is 0 Å². The number of nitrogens with zero attached hydrogens (tertiary/aromatic N) is 4. The zero-order valence-electron chi connectivity index (χ0n) is 18.0. The van der Waals surface area contributed by atoms with Gasteiger partial charge in [-0.1, -0.05) is 29.4 Å². The predicted octanol–water partition coefficient (Wildman–Crippen LogP) is 3.65. The van der Waals surface area contributed by atoms with Crippen LogP contribution in [-0.2, 0) is 24.4 Å². The van der Waals surface area contributed by atoms with Crippen molar-refractivity contribution < 1.29 is 22.4 Å². The van der Waals surface area contributed by atoms with Gasteiger partial charge in [-0.25, -0.2) is 4.99 Å². The largest absolute Gasteiger partial charge is 0.411 e. The number of hydrogen-bond acceptors (Lipinski definition) is 5. The minimum absolute atomic E-state index is 0. The molecule has 0 bridgehead atoms. The molecule has 32 heavy (non-hydrogen) atoms. The highest BCUT2D eigenvalue weighted by molar-refractivity contribution is 14.0. The highest BCUT2D eigenvalue weighted by Crippen LogP contribution is 2.16. The maximum absolute atomic E-state index is 12.3. The first-order valence-corrected chi connectivity index (χ1v) is 10.3. The SMILES string of the molecule is CCNC(=NCc1cccc(COCC(F)(F)F)c1)N1CCN(Cc2ccon2)CC1.I. The van der Waals surface area contributed by atoms with E-state index >= 15 is 0 Å². The summed E-state index contributed by atoms with van der Waals surface area (Å²) in [7, 11) is 0. The Hall–Kier alpha value is -1.86. The number of aliphatic imine (C=N–C) groups is 1. The van der Waals surface area contributed by atoms with Gasteiger partial charge in [0.2, 0.25) is 0 Å². The van der Waals surface area contributed by atoms with Gasteiger partial charge in [-0.15, -0.1) is 24.0 Å². The van der Waals surface area contributed by atoms with E-state index < -0.39 is 12.8 Å². The van der Waals surface area contributed by atoms with Crippen molar-refractivity contribution in [2.75, 3.05) is 39.3 Å². The lowest BCUT2D eigenvalue weighted by Gasteiger charge is -2.36. The number of rotatable bonds is 8. The molecule has 0 radical (unpaired) electrons. The summed E-state index contributed by atoms with van der Waals surface area (Å²) < 4.78 is 46.4. The van der Waals surface area contributed by atoms with Crippen LogP contribution in [0, 0.1) is 0 Å². The molecule has 1 fully saturated rings. The molecule has 1 aromatic carbocycles. The molecule has 0 amide bonds. The molecule has 2 aromatic rings. The van der Waals surface area contributed by atoms with E-state index in [0.29, 0.717) is 12.1 Å². The molecule has 1 aliphatic rings. The second-order valence-electron chi connectivity index (χ2n) is 7.35. The molecule has 178 valence electrons. The molecule has 1 saturated heterocycles. The Bertz CT molecular complexity index is 825. The van der Waals surface area contributed by atoms with Crippen molar-refractivity contribution in [2.45, 2.75) is 32.8 Å². The predicted molar refractivity (Wildman–Crippen MR) is 126 cm³/mol. The topological polar surface area (TPSA) is 66.1 Å². The number of hydrogen-bond donors (Lipinski definition) is 1. The molecule has 1 N–H and O–H groups in total. The van der Waals surface area contributed by atoms with E-state index in [1.807, 2.05) is 31.2 Å². The maximum Gasteiger partial charge on any atom is 0.411 e. The fourth-order valence-corrected chi connectivity index (χ4v) is 3.36. The Morgan fingerprint density at radius 3 is 2.59 bits per heavy atom. The van der Waals surface area contributed by atoms with Gasteiger partial charge in [0.15, 0.2) is 5.96 Å². The van der Waals surface area contributed by atoms with Crippen LogP contribution in [0.25, 0.3) is 0 Å². The van der Waals surface area contributed by atoms with Gasteiger partial charge in [-0.3, -0.25) is 4.90 Å². The van der Waals surface area contributed by atoms with E-state index in [4.69, 9.17) is 14.3 Å². The molecule has 3 rings (SSSR count). The van der Waals surface area contributed by atoms with E-state index in [1.165, 1.54) is 0 Å². The molecule has 0 saturated carbocycles. The molecule has 1 aliphatic heterocycles. The van der Waals surface area contributed by atoms with Crippen LogP contribution >= 0.6 is 24.0 Å². The maximum atomic E-state index is 12.3. The second kappa shape index (κ2) is 13.0. The number of guanidine groups is 1. The summed E-state index contributed by atoms with van der Waals surface area (Å²) in [6, 6.07) is 9.19. The second-order valence-corrected chi connectivity index (χ2v) is 7.35. The summed E-state index contributed by atoms with van der Waals surface area (Å²) in [4.78, 5) is 9.28. The number of halogens is 4. The van der Waals surface area contributed by atoms with Gasteiger partial charge in [0.1, 0.15) is 12.9 Å². The third-order valence-electron chi connectivity index (χ3n) is 4.82. The van der Waals surface area contributed by atoms with Crippen molar-refractivity contribution in [2.24, 2.45) is 4.99 Å². The molecule has 1 aromatic heterocycles. The Labute approximate surface area is 203 Å². The molecule has 7 nitrogen and oxygen atoms in total. The average molecular weight is 567 g/mol. The first-order chi connectivity index (χ1) is 14.9. The van der Waals surface area contributed by atoms with Crippen molar-refractivity contribution in [1.29, 1.82) is 0 Å². The van der Waals surface area contributed by atoms with E-state index in [0.717, 1.165) is 56.5 Å². The molecule has 11 heteroatoms. The Morgan fingerprint density at radius 2 is 1.94 bits per heavy atom. The fraction of sp³-hybridized carbons (Fsp3) is 0.524. The molecule has 0 atom stereocenters. The highest BCUT2D eigenvalue weighted by atomic mass is 127. The van der Waals surface area contributed by atoms with E-state index in [-0.39, 0.29) is 30.6 Å². The zero-order chi connectivity index (χ0) is 22.1. The van der Waals surface area contributed by atoms with E-state index in [9.17, 15) is 13.2 Å². The summed E-state index contributed by atoms with van der Waals surface area (Å²) >= 11 is 0. The minimum atomic E-state index is -4.32.